The van der Waals surface area contributed by atoms with Crippen LogP contribution in [0.1, 0.15) is 24.2 Å². The van der Waals surface area contributed by atoms with Crippen LogP contribution in [0.15, 0.2) is 18.2 Å². The Bertz CT molecular complexity index is 487. The zero-order chi connectivity index (χ0) is 15.2. The van der Waals surface area contributed by atoms with E-state index in [1.54, 1.807) is 18.2 Å². The lowest BCUT2D eigenvalue weighted by Gasteiger charge is -2.29. The van der Waals surface area contributed by atoms with Crippen molar-refractivity contribution >= 4 is 17.4 Å². The van der Waals surface area contributed by atoms with Crippen LogP contribution in [0.3, 0.4) is 0 Å². The number of halogens is 1. The first kappa shape index (κ1) is 16.3. The molecule has 1 saturated heterocycles. The molecule has 1 aliphatic heterocycles. The first-order valence-electron chi connectivity index (χ1n) is 7.51. The van der Waals surface area contributed by atoms with E-state index >= 15 is 0 Å². The maximum atomic E-state index is 12.5. The number of nitrogens with zero attached hydrogens (tertiary/aromatic N) is 1. The highest BCUT2D eigenvalue weighted by atomic mass is 35.5. The van der Waals surface area contributed by atoms with E-state index in [4.69, 9.17) is 16.3 Å². The van der Waals surface area contributed by atoms with E-state index in [1.165, 1.54) is 0 Å². The summed E-state index contributed by atoms with van der Waals surface area (Å²) in [5, 5.41) is 3.79. The maximum absolute atomic E-state index is 12.5. The van der Waals surface area contributed by atoms with Crippen LogP contribution >= 0.6 is 11.6 Å². The molecule has 2 rings (SSSR count). The Morgan fingerprint density at radius 1 is 1.43 bits per heavy atom. The summed E-state index contributed by atoms with van der Waals surface area (Å²) in [7, 11) is 0. The number of Topliss-reactive ketones (excluding diaryl/α,β-unsaturated/α-hetero) is 1. The highest BCUT2D eigenvalue weighted by Crippen LogP contribution is 2.25. The fourth-order valence-electron chi connectivity index (χ4n) is 2.58. The predicted molar refractivity (Wildman–Crippen MR) is 85.4 cm³/mol. The van der Waals surface area contributed by atoms with Gasteiger partial charge < -0.3 is 15.0 Å². The number of nitrogens with one attached hydrogen (secondary N) is 1. The molecule has 1 atom stereocenters. The molecular formula is C16H23ClN2O2. The van der Waals surface area contributed by atoms with E-state index in [2.05, 4.69) is 10.2 Å². The molecule has 4 nitrogen and oxygen atoms in total. The second-order valence-corrected chi connectivity index (χ2v) is 5.80. The largest absolute Gasteiger partial charge is 0.494 e. The third-order valence-corrected chi connectivity index (χ3v) is 4.02. The van der Waals surface area contributed by atoms with Crippen molar-refractivity contribution in [3.8, 4) is 5.75 Å². The number of ketones is 1. The standard InChI is InChI=1S/C16H23ClN2O2/c1-3-21-13-4-5-14(15(17)10-13)16(20)12(2)11-19-8-6-18-7-9-19/h4-5,10,12,18H,3,6-9,11H2,1-2H3. The van der Waals surface area contributed by atoms with Crippen molar-refractivity contribution in [3.63, 3.8) is 0 Å². The fraction of sp³-hybridized carbons (Fsp3) is 0.562. The summed E-state index contributed by atoms with van der Waals surface area (Å²) in [6.07, 6.45) is 0. The molecule has 0 bridgehead atoms. The Morgan fingerprint density at radius 2 is 2.14 bits per heavy atom. The van der Waals surface area contributed by atoms with Crippen LogP contribution in [-0.4, -0.2) is 50.0 Å². The fourth-order valence-corrected chi connectivity index (χ4v) is 2.85. The first-order chi connectivity index (χ1) is 10.1. The van der Waals surface area contributed by atoms with Crippen molar-refractivity contribution < 1.29 is 9.53 Å². The lowest BCUT2D eigenvalue weighted by atomic mass is 9.98. The number of hydrogen-bond donors (Lipinski definition) is 1. The van der Waals surface area contributed by atoms with E-state index in [1.807, 2.05) is 13.8 Å². The van der Waals surface area contributed by atoms with Crippen LogP contribution in [0, 0.1) is 5.92 Å². The smallest absolute Gasteiger partial charge is 0.168 e. The number of benzene rings is 1. The topological polar surface area (TPSA) is 41.6 Å². The van der Waals surface area contributed by atoms with Gasteiger partial charge in [0.1, 0.15) is 5.75 Å². The van der Waals surface area contributed by atoms with Crippen LogP contribution in [0.25, 0.3) is 0 Å². The molecule has 1 N–H and O–H groups in total. The van der Waals surface area contributed by atoms with Gasteiger partial charge in [-0.1, -0.05) is 18.5 Å². The van der Waals surface area contributed by atoms with Crippen molar-refractivity contribution in [3.05, 3.63) is 28.8 Å². The van der Waals surface area contributed by atoms with E-state index in [0.717, 1.165) is 32.7 Å². The molecule has 0 aliphatic carbocycles. The average Bonchev–Trinajstić information content (AvgIpc) is 2.48. The predicted octanol–water partition coefficient (Wildman–Crippen LogP) is 2.46. The van der Waals surface area contributed by atoms with E-state index in [9.17, 15) is 4.79 Å². The van der Waals surface area contributed by atoms with Crippen molar-refractivity contribution in [2.45, 2.75) is 13.8 Å². The minimum Gasteiger partial charge on any atom is -0.494 e. The van der Waals surface area contributed by atoms with Gasteiger partial charge in [0.05, 0.1) is 11.6 Å². The van der Waals surface area contributed by atoms with Crippen LogP contribution in [0.2, 0.25) is 5.02 Å². The summed E-state index contributed by atoms with van der Waals surface area (Å²) in [6.45, 7) is 9.23. The van der Waals surface area contributed by atoms with Crippen molar-refractivity contribution in [1.82, 2.24) is 10.2 Å². The Hall–Kier alpha value is -1.10. The van der Waals surface area contributed by atoms with Crippen molar-refractivity contribution in [2.24, 2.45) is 5.92 Å². The van der Waals surface area contributed by atoms with Crippen LogP contribution < -0.4 is 10.1 Å². The Balaban J connectivity index is 2.01. The number of ether oxygens (including phenoxy) is 1. The number of carbonyl (C=O) groups excluding carboxylic acids is 1. The normalized spacial score (nSPS) is 17.5. The van der Waals surface area contributed by atoms with Gasteiger partial charge in [0, 0.05) is 44.2 Å². The third-order valence-electron chi connectivity index (χ3n) is 3.71. The molecule has 5 heteroatoms. The number of hydrogen-bond acceptors (Lipinski definition) is 4. The molecule has 21 heavy (non-hydrogen) atoms. The molecule has 116 valence electrons. The van der Waals surface area contributed by atoms with Gasteiger partial charge in [-0.2, -0.15) is 0 Å². The second-order valence-electron chi connectivity index (χ2n) is 5.39. The Labute approximate surface area is 131 Å². The van der Waals surface area contributed by atoms with Crippen LogP contribution in [-0.2, 0) is 0 Å². The van der Waals surface area contributed by atoms with Gasteiger partial charge in [-0.05, 0) is 25.1 Å². The summed E-state index contributed by atoms with van der Waals surface area (Å²) >= 11 is 6.22. The van der Waals surface area contributed by atoms with Gasteiger partial charge in [-0.15, -0.1) is 0 Å². The quantitative estimate of drug-likeness (QED) is 0.820. The SMILES string of the molecule is CCOc1ccc(C(=O)C(C)CN2CCNCC2)c(Cl)c1. The second kappa shape index (κ2) is 7.78. The Morgan fingerprint density at radius 3 is 2.76 bits per heavy atom. The van der Waals surface area contributed by atoms with Gasteiger partial charge in [0.15, 0.2) is 5.78 Å². The molecule has 1 unspecified atom stereocenters. The zero-order valence-electron chi connectivity index (χ0n) is 12.7. The highest BCUT2D eigenvalue weighted by molar-refractivity contribution is 6.34. The summed E-state index contributed by atoms with van der Waals surface area (Å²) < 4.78 is 5.39. The van der Waals surface area contributed by atoms with Gasteiger partial charge in [0.2, 0.25) is 0 Å². The van der Waals surface area contributed by atoms with Crippen molar-refractivity contribution in [1.29, 1.82) is 0 Å². The molecule has 1 aliphatic rings. The lowest BCUT2D eigenvalue weighted by molar-refractivity contribution is 0.0887. The first-order valence-corrected chi connectivity index (χ1v) is 7.89. The van der Waals surface area contributed by atoms with Gasteiger partial charge in [-0.25, -0.2) is 0 Å². The van der Waals surface area contributed by atoms with Crippen LogP contribution in [0.4, 0.5) is 0 Å². The summed E-state index contributed by atoms with van der Waals surface area (Å²) in [6, 6.07) is 5.29. The average molecular weight is 311 g/mol. The van der Waals surface area contributed by atoms with Crippen LogP contribution in [0.5, 0.6) is 5.75 Å². The number of carbonyl (C=O) groups is 1. The number of piperazine rings is 1. The molecule has 1 aromatic rings. The molecule has 0 amide bonds. The van der Waals surface area contributed by atoms with E-state index in [0.29, 0.717) is 22.9 Å². The van der Waals surface area contributed by atoms with Crippen molar-refractivity contribution in [2.75, 3.05) is 39.3 Å². The molecule has 0 aromatic heterocycles. The molecule has 1 heterocycles. The van der Waals surface area contributed by atoms with E-state index < -0.39 is 0 Å². The lowest BCUT2D eigenvalue weighted by Crippen LogP contribution is -2.45. The summed E-state index contributed by atoms with van der Waals surface area (Å²) in [5.41, 5.74) is 0.586. The monoisotopic (exact) mass is 310 g/mol. The van der Waals surface area contributed by atoms with E-state index in [-0.39, 0.29) is 11.7 Å². The third kappa shape index (κ3) is 4.43. The molecular weight excluding hydrogens is 288 g/mol. The molecule has 1 aromatic carbocycles. The summed E-state index contributed by atoms with van der Waals surface area (Å²) in [5.74, 6) is 0.744. The van der Waals surface area contributed by atoms with Gasteiger partial charge >= 0.3 is 0 Å². The van der Waals surface area contributed by atoms with Gasteiger partial charge in [-0.3, -0.25) is 4.79 Å². The molecule has 1 fully saturated rings. The Kier molecular flexibility index (Phi) is 6.03. The minimum absolute atomic E-state index is 0.0569. The number of rotatable bonds is 6. The zero-order valence-corrected chi connectivity index (χ0v) is 13.4. The maximum Gasteiger partial charge on any atom is 0.168 e. The molecule has 0 spiro atoms. The molecule has 0 saturated carbocycles. The summed E-state index contributed by atoms with van der Waals surface area (Å²) in [4.78, 5) is 14.9. The molecule has 0 radical (unpaired) electrons. The minimum atomic E-state index is -0.0569. The highest BCUT2D eigenvalue weighted by Gasteiger charge is 2.21. The van der Waals surface area contributed by atoms with Gasteiger partial charge in [0.25, 0.3) is 0 Å².